The van der Waals surface area contributed by atoms with E-state index < -0.39 is 17.7 Å². The summed E-state index contributed by atoms with van der Waals surface area (Å²) in [6.07, 6.45) is 0.300. The van der Waals surface area contributed by atoms with Crippen LogP contribution < -0.4 is 5.73 Å². The van der Waals surface area contributed by atoms with Gasteiger partial charge in [-0.15, -0.1) is 0 Å². The molecule has 6 heteroatoms. The maximum Gasteiger partial charge on any atom is 0.229 e. The fraction of sp³-hybridized carbons (Fsp3) is 0.333. The molecule has 18 heavy (non-hydrogen) atoms. The van der Waals surface area contributed by atoms with Crippen molar-refractivity contribution in [2.24, 2.45) is 5.73 Å². The van der Waals surface area contributed by atoms with Gasteiger partial charge in [0, 0.05) is 24.9 Å². The molecule has 2 amide bonds. The molecule has 0 bridgehead atoms. The maximum atomic E-state index is 13.5. The van der Waals surface area contributed by atoms with Gasteiger partial charge < -0.3 is 5.73 Å². The summed E-state index contributed by atoms with van der Waals surface area (Å²) in [5.41, 5.74) is 5.68. The molecule has 0 aliphatic carbocycles. The molecule has 1 aliphatic rings. The third kappa shape index (κ3) is 2.38. The monoisotopic (exact) mass is 254 g/mol. The first-order valence-electron chi connectivity index (χ1n) is 5.53. The van der Waals surface area contributed by atoms with E-state index in [9.17, 15) is 18.4 Å². The van der Waals surface area contributed by atoms with E-state index in [4.69, 9.17) is 5.73 Å². The summed E-state index contributed by atoms with van der Waals surface area (Å²) in [6, 6.07) is 2.01. The summed E-state index contributed by atoms with van der Waals surface area (Å²) in [5.74, 6) is -1.91. The fourth-order valence-electron chi connectivity index (χ4n) is 1.92. The zero-order valence-electron chi connectivity index (χ0n) is 9.53. The summed E-state index contributed by atoms with van der Waals surface area (Å²) in [7, 11) is 0. The van der Waals surface area contributed by atoms with Crippen LogP contribution in [0.25, 0.3) is 0 Å². The highest BCUT2D eigenvalue weighted by molar-refractivity contribution is 6.01. The van der Waals surface area contributed by atoms with Gasteiger partial charge in [-0.25, -0.2) is 8.78 Å². The average Bonchev–Trinajstić information content (AvgIpc) is 2.64. The van der Waals surface area contributed by atoms with Crippen molar-refractivity contribution >= 4 is 11.8 Å². The van der Waals surface area contributed by atoms with Gasteiger partial charge in [-0.2, -0.15) is 0 Å². The van der Waals surface area contributed by atoms with Crippen LogP contribution in [-0.4, -0.2) is 23.3 Å². The zero-order chi connectivity index (χ0) is 13.3. The Morgan fingerprint density at radius 2 is 1.83 bits per heavy atom. The van der Waals surface area contributed by atoms with Gasteiger partial charge in [0.2, 0.25) is 11.8 Å². The number of halogens is 2. The Kier molecular flexibility index (Phi) is 3.38. The van der Waals surface area contributed by atoms with E-state index in [0.29, 0.717) is 0 Å². The van der Waals surface area contributed by atoms with Crippen LogP contribution in [0.1, 0.15) is 24.4 Å². The molecule has 1 atom stereocenters. The molecule has 1 unspecified atom stereocenters. The van der Waals surface area contributed by atoms with E-state index in [1.807, 2.05) is 0 Å². The molecule has 1 heterocycles. The number of benzene rings is 1. The number of carbonyl (C=O) groups excluding carboxylic acids is 2. The highest BCUT2D eigenvalue weighted by Crippen LogP contribution is 2.20. The highest BCUT2D eigenvalue weighted by atomic mass is 19.1. The van der Waals surface area contributed by atoms with Crippen molar-refractivity contribution in [1.29, 1.82) is 0 Å². The second-order valence-corrected chi connectivity index (χ2v) is 4.17. The van der Waals surface area contributed by atoms with Crippen molar-refractivity contribution in [2.75, 3.05) is 6.54 Å². The SMILES string of the molecule is NC(CN1C(=O)CCC1=O)c1cc(F)ccc1F. The van der Waals surface area contributed by atoms with Gasteiger partial charge in [0.05, 0.1) is 6.04 Å². The number of rotatable bonds is 3. The minimum absolute atomic E-state index is 0.0394. The Hall–Kier alpha value is -1.82. The molecule has 0 radical (unpaired) electrons. The van der Waals surface area contributed by atoms with Crippen LogP contribution in [0.15, 0.2) is 18.2 Å². The van der Waals surface area contributed by atoms with Crippen molar-refractivity contribution in [3.8, 4) is 0 Å². The number of nitrogens with zero attached hydrogens (tertiary/aromatic N) is 1. The Morgan fingerprint density at radius 1 is 1.22 bits per heavy atom. The van der Waals surface area contributed by atoms with Crippen LogP contribution in [0.2, 0.25) is 0 Å². The van der Waals surface area contributed by atoms with E-state index in [-0.39, 0.29) is 36.8 Å². The van der Waals surface area contributed by atoms with Gasteiger partial charge in [0.1, 0.15) is 11.6 Å². The molecule has 4 nitrogen and oxygen atoms in total. The van der Waals surface area contributed by atoms with Gasteiger partial charge in [0.25, 0.3) is 0 Å². The lowest BCUT2D eigenvalue weighted by Gasteiger charge is -2.19. The van der Waals surface area contributed by atoms with Gasteiger partial charge in [-0.05, 0) is 18.2 Å². The number of nitrogens with two attached hydrogens (primary N) is 1. The Balaban J connectivity index is 2.16. The minimum Gasteiger partial charge on any atom is -0.322 e. The molecular weight excluding hydrogens is 242 g/mol. The van der Waals surface area contributed by atoms with Crippen LogP contribution in [-0.2, 0) is 9.59 Å². The fourth-order valence-corrected chi connectivity index (χ4v) is 1.92. The molecular formula is C12H12F2N2O2. The molecule has 0 spiro atoms. The molecule has 2 rings (SSSR count). The van der Waals surface area contributed by atoms with Crippen molar-refractivity contribution in [2.45, 2.75) is 18.9 Å². The lowest BCUT2D eigenvalue weighted by molar-refractivity contribution is -0.138. The molecule has 1 saturated heterocycles. The molecule has 1 fully saturated rings. The summed E-state index contributed by atoms with van der Waals surface area (Å²) in [6.45, 7) is -0.127. The first-order chi connectivity index (χ1) is 8.49. The smallest absolute Gasteiger partial charge is 0.229 e. The number of hydrogen-bond acceptors (Lipinski definition) is 3. The third-order valence-electron chi connectivity index (χ3n) is 2.89. The third-order valence-corrected chi connectivity index (χ3v) is 2.89. The first kappa shape index (κ1) is 12.6. The number of imide groups is 1. The Morgan fingerprint density at radius 3 is 2.44 bits per heavy atom. The largest absolute Gasteiger partial charge is 0.322 e. The lowest BCUT2D eigenvalue weighted by atomic mass is 10.1. The first-order valence-corrected chi connectivity index (χ1v) is 5.53. The van der Waals surface area contributed by atoms with E-state index in [0.717, 1.165) is 23.1 Å². The molecule has 0 saturated carbocycles. The van der Waals surface area contributed by atoms with E-state index in [1.54, 1.807) is 0 Å². The standard InChI is InChI=1S/C12H12F2N2O2/c13-7-1-2-9(14)8(5-7)10(15)6-16-11(17)3-4-12(16)18/h1-2,5,10H,3-4,6,15H2. The van der Waals surface area contributed by atoms with Crippen molar-refractivity contribution in [1.82, 2.24) is 4.90 Å². The predicted molar refractivity (Wildman–Crippen MR) is 59.2 cm³/mol. The lowest BCUT2D eigenvalue weighted by Crippen LogP contribution is -2.36. The summed E-state index contributed by atoms with van der Waals surface area (Å²) < 4.78 is 26.5. The average molecular weight is 254 g/mol. The summed E-state index contributed by atoms with van der Waals surface area (Å²) in [5, 5.41) is 0. The quantitative estimate of drug-likeness (QED) is 0.822. The normalized spacial score (nSPS) is 17.4. The predicted octanol–water partition coefficient (Wildman–Crippen LogP) is 1.11. The highest BCUT2D eigenvalue weighted by Gasteiger charge is 2.30. The van der Waals surface area contributed by atoms with Crippen molar-refractivity contribution in [3.63, 3.8) is 0 Å². The maximum absolute atomic E-state index is 13.5. The van der Waals surface area contributed by atoms with Crippen LogP contribution in [0, 0.1) is 11.6 Å². The van der Waals surface area contributed by atoms with E-state index in [1.165, 1.54) is 0 Å². The van der Waals surface area contributed by atoms with Gasteiger partial charge in [-0.1, -0.05) is 0 Å². The molecule has 2 N–H and O–H groups in total. The molecule has 1 aromatic carbocycles. The van der Waals surface area contributed by atoms with Crippen LogP contribution >= 0.6 is 0 Å². The van der Waals surface area contributed by atoms with Gasteiger partial charge in [0.15, 0.2) is 0 Å². The van der Waals surface area contributed by atoms with Crippen LogP contribution in [0.3, 0.4) is 0 Å². The number of hydrogen-bond donors (Lipinski definition) is 1. The van der Waals surface area contributed by atoms with E-state index in [2.05, 4.69) is 0 Å². The number of amides is 2. The second kappa shape index (κ2) is 4.81. The number of carbonyl (C=O) groups is 2. The van der Waals surface area contributed by atoms with E-state index >= 15 is 0 Å². The second-order valence-electron chi connectivity index (χ2n) is 4.17. The topological polar surface area (TPSA) is 63.4 Å². The van der Waals surface area contributed by atoms with Gasteiger partial charge >= 0.3 is 0 Å². The molecule has 1 aliphatic heterocycles. The Bertz CT molecular complexity index is 489. The Labute approximate surface area is 102 Å². The molecule has 96 valence electrons. The summed E-state index contributed by atoms with van der Waals surface area (Å²) >= 11 is 0. The van der Waals surface area contributed by atoms with Crippen molar-refractivity contribution < 1.29 is 18.4 Å². The summed E-state index contributed by atoms with van der Waals surface area (Å²) in [4.78, 5) is 23.8. The molecule has 0 aromatic heterocycles. The molecule has 1 aromatic rings. The van der Waals surface area contributed by atoms with Crippen molar-refractivity contribution in [3.05, 3.63) is 35.4 Å². The van der Waals surface area contributed by atoms with Crippen LogP contribution in [0.5, 0.6) is 0 Å². The zero-order valence-corrected chi connectivity index (χ0v) is 9.53. The number of likely N-dealkylation sites (tertiary alicyclic amines) is 1. The van der Waals surface area contributed by atoms with Gasteiger partial charge in [-0.3, -0.25) is 14.5 Å². The van der Waals surface area contributed by atoms with Crippen LogP contribution in [0.4, 0.5) is 8.78 Å². The minimum atomic E-state index is -0.924.